The number of alkyl halides is 3. The van der Waals surface area contributed by atoms with Gasteiger partial charge < -0.3 is 20.7 Å². The summed E-state index contributed by atoms with van der Waals surface area (Å²) in [4.78, 5) is 24.6. The summed E-state index contributed by atoms with van der Waals surface area (Å²) >= 11 is 0. The second-order valence-electron chi connectivity index (χ2n) is 8.67. The van der Waals surface area contributed by atoms with Crippen molar-refractivity contribution < 1.29 is 27.5 Å². The molecule has 0 heterocycles. The van der Waals surface area contributed by atoms with Crippen molar-refractivity contribution in [1.29, 1.82) is 0 Å². The molecule has 3 N–H and O–H groups in total. The fourth-order valence-corrected chi connectivity index (χ4v) is 3.85. The van der Waals surface area contributed by atoms with Crippen LogP contribution >= 0.6 is 0 Å². The Bertz CT molecular complexity index is 755. The molecule has 0 radical (unpaired) electrons. The number of hydrogen-bond donors (Lipinski definition) is 3. The normalized spacial score (nSPS) is 21.4. The number of benzene rings is 1. The van der Waals surface area contributed by atoms with Gasteiger partial charge >= 0.3 is 6.18 Å². The molecular weight excluding hydrogens is 423 g/mol. The molecule has 1 aromatic rings. The van der Waals surface area contributed by atoms with Gasteiger partial charge in [0.15, 0.2) is 0 Å². The number of halogens is 3. The third kappa shape index (κ3) is 8.43. The van der Waals surface area contributed by atoms with Crippen molar-refractivity contribution in [3.05, 3.63) is 35.4 Å². The molecule has 3 atom stereocenters. The highest BCUT2D eigenvalue weighted by Gasteiger charge is 2.32. The lowest BCUT2D eigenvalue weighted by molar-refractivity contribution is -0.137. The number of carbonyl (C=O) groups excluding carboxylic acids is 2. The maximum absolute atomic E-state index is 12.8. The first kappa shape index (κ1) is 26.1. The molecule has 32 heavy (non-hydrogen) atoms. The van der Waals surface area contributed by atoms with Crippen LogP contribution in [0.2, 0.25) is 0 Å². The van der Waals surface area contributed by atoms with Crippen molar-refractivity contribution in [3.63, 3.8) is 0 Å². The van der Waals surface area contributed by atoms with Gasteiger partial charge in [-0.1, -0.05) is 19.9 Å². The van der Waals surface area contributed by atoms with Crippen molar-refractivity contribution in [1.82, 2.24) is 16.0 Å². The van der Waals surface area contributed by atoms with E-state index in [-0.39, 0.29) is 30.0 Å². The van der Waals surface area contributed by atoms with Crippen molar-refractivity contribution in [2.75, 3.05) is 26.3 Å². The highest BCUT2D eigenvalue weighted by molar-refractivity contribution is 5.96. The van der Waals surface area contributed by atoms with Crippen molar-refractivity contribution >= 4 is 11.8 Å². The van der Waals surface area contributed by atoms with Gasteiger partial charge in [-0.15, -0.1) is 0 Å². The van der Waals surface area contributed by atoms with E-state index in [1.165, 1.54) is 12.1 Å². The predicted octanol–water partition coefficient (Wildman–Crippen LogP) is 3.37. The van der Waals surface area contributed by atoms with Crippen LogP contribution < -0.4 is 16.0 Å². The van der Waals surface area contributed by atoms with Gasteiger partial charge in [0, 0.05) is 30.2 Å². The van der Waals surface area contributed by atoms with Crippen LogP contribution in [-0.4, -0.2) is 50.2 Å². The Hall–Kier alpha value is -2.13. The largest absolute Gasteiger partial charge is 0.416 e. The van der Waals surface area contributed by atoms with Crippen LogP contribution in [-0.2, 0) is 15.7 Å². The average Bonchev–Trinajstić information content (AvgIpc) is 2.75. The van der Waals surface area contributed by atoms with E-state index in [1.54, 1.807) is 0 Å². The van der Waals surface area contributed by atoms with Crippen LogP contribution in [0.4, 0.5) is 13.2 Å². The molecule has 1 fully saturated rings. The van der Waals surface area contributed by atoms with Gasteiger partial charge in [-0.3, -0.25) is 9.59 Å². The number of ether oxygens (including phenoxy) is 1. The van der Waals surface area contributed by atoms with E-state index in [4.69, 9.17) is 4.74 Å². The maximum Gasteiger partial charge on any atom is 0.416 e. The first-order valence-electron chi connectivity index (χ1n) is 11.2. The topological polar surface area (TPSA) is 79.5 Å². The van der Waals surface area contributed by atoms with E-state index in [1.807, 2.05) is 6.92 Å². The lowest BCUT2D eigenvalue weighted by Crippen LogP contribution is -2.51. The lowest BCUT2D eigenvalue weighted by Gasteiger charge is -2.37. The van der Waals surface area contributed by atoms with Crippen molar-refractivity contribution in [3.8, 4) is 0 Å². The second-order valence-corrected chi connectivity index (χ2v) is 8.67. The molecule has 180 valence electrons. The molecule has 0 saturated heterocycles. The zero-order chi connectivity index (χ0) is 23.7. The molecule has 0 aromatic heterocycles. The number of rotatable bonds is 10. The smallest absolute Gasteiger partial charge is 0.381 e. The summed E-state index contributed by atoms with van der Waals surface area (Å²) < 4.78 is 44.1. The third-order valence-electron chi connectivity index (χ3n) is 5.54. The zero-order valence-corrected chi connectivity index (χ0v) is 18.9. The Morgan fingerprint density at radius 2 is 1.97 bits per heavy atom. The van der Waals surface area contributed by atoms with E-state index in [2.05, 4.69) is 29.8 Å². The van der Waals surface area contributed by atoms with E-state index < -0.39 is 17.6 Å². The van der Waals surface area contributed by atoms with Crippen LogP contribution in [0.5, 0.6) is 0 Å². The number of carbonyl (C=O) groups is 2. The van der Waals surface area contributed by atoms with Crippen molar-refractivity contribution in [2.24, 2.45) is 11.8 Å². The van der Waals surface area contributed by atoms with Gasteiger partial charge in [0.2, 0.25) is 5.91 Å². The molecule has 6 nitrogen and oxygen atoms in total. The standard InChI is InChI=1S/C23H34F3N3O3/c1-4-32-14-17-11-19(27-12-15(2)3)8-9-20(17)29-21(30)13-28-22(31)16-6-5-7-18(10-16)23(24,25)26/h5-7,10,15,17,19-20,27H,4,8-9,11-14H2,1-3H3,(H,28,31)(H,29,30)/t17-,19+,20-/m0/s1. The van der Waals surface area contributed by atoms with E-state index in [9.17, 15) is 22.8 Å². The Balaban J connectivity index is 1.88. The first-order chi connectivity index (χ1) is 15.1. The summed E-state index contributed by atoms with van der Waals surface area (Å²) in [5.41, 5.74) is -1.05. The molecule has 1 aliphatic rings. The Morgan fingerprint density at radius 3 is 2.62 bits per heavy atom. The van der Waals surface area contributed by atoms with E-state index in [0.29, 0.717) is 25.2 Å². The molecular formula is C23H34F3N3O3. The van der Waals surface area contributed by atoms with Gasteiger partial charge in [0.25, 0.3) is 5.91 Å². The molecule has 1 aromatic carbocycles. The zero-order valence-electron chi connectivity index (χ0n) is 18.9. The highest BCUT2D eigenvalue weighted by atomic mass is 19.4. The Labute approximate surface area is 187 Å². The average molecular weight is 458 g/mol. The summed E-state index contributed by atoms with van der Waals surface area (Å²) in [6, 6.07) is 4.42. The fraction of sp³-hybridized carbons (Fsp3) is 0.652. The lowest BCUT2D eigenvalue weighted by atomic mass is 9.81. The van der Waals surface area contributed by atoms with Gasteiger partial charge in [0.1, 0.15) is 0 Å². The SMILES string of the molecule is CCOC[C@@H]1C[C@H](NCC(C)C)CC[C@@H]1NC(=O)CNC(=O)c1cccc(C(F)(F)F)c1. The molecule has 2 rings (SSSR count). The molecule has 9 heteroatoms. The van der Waals surface area contributed by atoms with Crippen LogP contribution in [0, 0.1) is 11.8 Å². The quantitative estimate of drug-likeness (QED) is 0.503. The van der Waals surface area contributed by atoms with Crippen LogP contribution in [0.1, 0.15) is 56.0 Å². The summed E-state index contributed by atoms with van der Waals surface area (Å²) in [5, 5.41) is 8.94. The number of nitrogens with one attached hydrogen (secondary N) is 3. The molecule has 1 saturated carbocycles. The monoisotopic (exact) mass is 457 g/mol. The number of hydrogen-bond acceptors (Lipinski definition) is 4. The molecule has 0 aliphatic heterocycles. The highest BCUT2D eigenvalue weighted by Crippen LogP contribution is 2.29. The first-order valence-corrected chi connectivity index (χ1v) is 11.2. The minimum atomic E-state index is -4.54. The summed E-state index contributed by atoms with van der Waals surface area (Å²) in [7, 11) is 0. The van der Waals surface area contributed by atoms with Gasteiger partial charge in [-0.05, 0) is 56.8 Å². The summed E-state index contributed by atoms with van der Waals surface area (Å²) in [5.74, 6) is -0.390. The van der Waals surface area contributed by atoms with Gasteiger partial charge in [-0.25, -0.2) is 0 Å². The van der Waals surface area contributed by atoms with Gasteiger partial charge in [-0.2, -0.15) is 13.2 Å². The molecule has 2 amide bonds. The number of amides is 2. The molecule has 0 spiro atoms. The third-order valence-corrected chi connectivity index (χ3v) is 5.54. The maximum atomic E-state index is 12.8. The minimum absolute atomic E-state index is 0.0726. The Kier molecular flexibility index (Phi) is 9.96. The van der Waals surface area contributed by atoms with Crippen LogP contribution in [0.3, 0.4) is 0 Å². The van der Waals surface area contributed by atoms with Crippen LogP contribution in [0.15, 0.2) is 24.3 Å². The molecule has 0 unspecified atom stereocenters. The Morgan fingerprint density at radius 1 is 1.22 bits per heavy atom. The van der Waals surface area contributed by atoms with E-state index >= 15 is 0 Å². The predicted molar refractivity (Wildman–Crippen MR) is 116 cm³/mol. The summed E-state index contributed by atoms with van der Waals surface area (Å²) in [6.45, 7) is 8.00. The van der Waals surface area contributed by atoms with Crippen LogP contribution in [0.25, 0.3) is 0 Å². The second kappa shape index (κ2) is 12.2. The summed E-state index contributed by atoms with van der Waals surface area (Å²) in [6.07, 6.45) is -1.93. The molecule has 1 aliphatic carbocycles. The van der Waals surface area contributed by atoms with Crippen molar-refractivity contribution in [2.45, 2.75) is 58.3 Å². The van der Waals surface area contributed by atoms with E-state index in [0.717, 1.165) is 37.9 Å². The minimum Gasteiger partial charge on any atom is -0.381 e. The molecule has 0 bridgehead atoms. The van der Waals surface area contributed by atoms with Gasteiger partial charge in [0.05, 0.1) is 18.7 Å². The fourth-order valence-electron chi connectivity index (χ4n) is 3.85.